The van der Waals surface area contributed by atoms with Gasteiger partial charge >= 0.3 is 0 Å². The van der Waals surface area contributed by atoms with E-state index in [-0.39, 0.29) is 0 Å². The second kappa shape index (κ2) is 10.2. The van der Waals surface area contributed by atoms with Crippen LogP contribution in [0, 0.1) is 0 Å². The lowest BCUT2D eigenvalue weighted by Gasteiger charge is -2.09. The molecule has 13 rings (SSSR count). The summed E-state index contributed by atoms with van der Waals surface area (Å²) in [5, 5.41) is 14.3. The summed E-state index contributed by atoms with van der Waals surface area (Å²) in [4.78, 5) is 3.73. The van der Waals surface area contributed by atoms with Crippen molar-refractivity contribution in [2.24, 2.45) is 0 Å². The number of hydrogen-bond donors (Lipinski definition) is 1. The predicted octanol–water partition coefficient (Wildman–Crippen LogP) is 14.2. The fraction of sp³-hybridized carbons (Fsp3) is 0. The highest BCUT2D eigenvalue weighted by Crippen LogP contribution is 2.42. The van der Waals surface area contributed by atoms with E-state index in [1.165, 1.54) is 70.6 Å². The van der Waals surface area contributed by atoms with E-state index in [1.807, 2.05) is 18.2 Å². The number of H-pyrrole nitrogens is 1. The fourth-order valence-corrected chi connectivity index (χ4v) is 9.22. The third kappa shape index (κ3) is 3.76. The lowest BCUT2D eigenvalue weighted by molar-refractivity contribution is 0.669. The number of nitrogens with zero attached hydrogens (tertiary/aromatic N) is 1. The Labute approximate surface area is 307 Å². The first kappa shape index (κ1) is 28.3. The van der Waals surface area contributed by atoms with Gasteiger partial charge in [0.05, 0.1) is 11.0 Å². The molecule has 0 spiro atoms. The van der Waals surface area contributed by atoms with Gasteiger partial charge in [0.25, 0.3) is 0 Å². The molecule has 4 heteroatoms. The van der Waals surface area contributed by atoms with E-state index in [4.69, 9.17) is 8.83 Å². The average molecular weight is 689 g/mol. The van der Waals surface area contributed by atoms with E-state index < -0.39 is 0 Å². The molecule has 0 atom stereocenters. The van der Waals surface area contributed by atoms with Crippen molar-refractivity contribution in [1.29, 1.82) is 0 Å². The Morgan fingerprint density at radius 3 is 1.65 bits per heavy atom. The van der Waals surface area contributed by atoms with E-state index in [0.29, 0.717) is 0 Å². The number of aromatic amines is 1. The SMILES string of the molecule is c1ccc(-n2c3ccc(-c4ccc5[nH]c6cc7c(ccc8oc9ccccc9c87)cc6c5c4)cc3c3cc4ccc5oc6ccccc6c5c4cc32)cc1. The van der Waals surface area contributed by atoms with E-state index in [2.05, 4.69) is 155 Å². The first-order valence-corrected chi connectivity index (χ1v) is 18.4. The molecule has 0 radical (unpaired) electrons. The molecule has 0 aliphatic carbocycles. The first-order chi connectivity index (χ1) is 26.7. The van der Waals surface area contributed by atoms with Gasteiger partial charge < -0.3 is 18.4 Å². The molecule has 0 aliphatic heterocycles. The second-order valence-electron chi connectivity index (χ2n) is 14.6. The largest absolute Gasteiger partial charge is 0.456 e. The summed E-state index contributed by atoms with van der Waals surface area (Å²) in [6, 6.07) is 59.1. The van der Waals surface area contributed by atoms with Crippen LogP contribution in [0.1, 0.15) is 0 Å². The molecule has 4 heterocycles. The number of para-hydroxylation sites is 3. The number of furan rings is 2. The van der Waals surface area contributed by atoms with Gasteiger partial charge in [0.2, 0.25) is 0 Å². The van der Waals surface area contributed by atoms with Crippen LogP contribution in [-0.4, -0.2) is 9.55 Å². The Kier molecular flexibility index (Phi) is 5.34. The van der Waals surface area contributed by atoms with Crippen LogP contribution in [0.15, 0.2) is 173 Å². The van der Waals surface area contributed by atoms with Crippen molar-refractivity contribution >= 4 is 109 Å². The van der Waals surface area contributed by atoms with E-state index in [0.717, 1.165) is 55.2 Å². The smallest absolute Gasteiger partial charge is 0.136 e. The molecule has 0 amide bonds. The molecule has 250 valence electrons. The number of fused-ring (bicyclic) bond motifs is 16. The molecule has 0 saturated carbocycles. The van der Waals surface area contributed by atoms with E-state index >= 15 is 0 Å². The fourth-order valence-electron chi connectivity index (χ4n) is 9.22. The Morgan fingerprint density at radius 2 is 0.926 bits per heavy atom. The molecule has 0 saturated heterocycles. The highest BCUT2D eigenvalue weighted by atomic mass is 16.3. The summed E-state index contributed by atoms with van der Waals surface area (Å²) in [5.41, 5.74) is 11.8. The quantitative estimate of drug-likeness (QED) is 0.196. The Bertz CT molecular complexity index is 3730. The molecule has 54 heavy (non-hydrogen) atoms. The van der Waals surface area contributed by atoms with Crippen molar-refractivity contribution in [2.75, 3.05) is 0 Å². The first-order valence-electron chi connectivity index (χ1n) is 18.4. The number of rotatable bonds is 2. The third-order valence-corrected chi connectivity index (χ3v) is 11.7. The third-order valence-electron chi connectivity index (χ3n) is 11.7. The highest BCUT2D eigenvalue weighted by Gasteiger charge is 2.18. The zero-order chi connectivity index (χ0) is 35.1. The summed E-state index contributed by atoms with van der Waals surface area (Å²) in [5.74, 6) is 0. The molecule has 0 aliphatic rings. The van der Waals surface area contributed by atoms with Gasteiger partial charge in [-0.05, 0) is 118 Å². The molecular weight excluding hydrogens is 661 g/mol. The van der Waals surface area contributed by atoms with Gasteiger partial charge in [0.15, 0.2) is 0 Å². The van der Waals surface area contributed by atoms with Crippen molar-refractivity contribution in [3.8, 4) is 16.8 Å². The van der Waals surface area contributed by atoms with E-state index in [1.54, 1.807) is 0 Å². The Hall–Kier alpha value is -7.30. The Morgan fingerprint density at radius 1 is 0.352 bits per heavy atom. The number of nitrogens with one attached hydrogen (secondary N) is 1. The van der Waals surface area contributed by atoms with Gasteiger partial charge in [-0.2, -0.15) is 0 Å². The molecule has 4 aromatic heterocycles. The van der Waals surface area contributed by atoms with Gasteiger partial charge in [-0.3, -0.25) is 0 Å². The second-order valence-corrected chi connectivity index (χ2v) is 14.6. The maximum Gasteiger partial charge on any atom is 0.136 e. The molecular formula is C50H28N2O2. The van der Waals surface area contributed by atoms with Crippen molar-refractivity contribution in [1.82, 2.24) is 9.55 Å². The molecule has 0 unspecified atom stereocenters. The van der Waals surface area contributed by atoms with Crippen LogP contribution in [0.5, 0.6) is 0 Å². The molecule has 9 aromatic carbocycles. The monoisotopic (exact) mass is 688 g/mol. The standard InChI is InChI=1S/C50H28N2O2/c1-2-8-32(9-3-1)52-43-19-15-29(23-39(43)40-25-31-17-21-48-50(36(31)27-44(40)52)34-11-5-7-13-46(34)54-48)28-14-18-41-37(22-28)38-24-30-16-20-47-49(35(30)26-42(38)51-41)33-10-4-6-12-45(33)53-47/h1-27,51H. The number of hydrogen-bond acceptors (Lipinski definition) is 2. The van der Waals surface area contributed by atoms with Gasteiger partial charge in [0.1, 0.15) is 22.3 Å². The van der Waals surface area contributed by atoms with Gasteiger partial charge in [-0.15, -0.1) is 0 Å². The lowest BCUT2D eigenvalue weighted by atomic mass is 9.98. The van der Waals surface area contributed by atoms with Crippen molar-refractivity contribution in [3.63, 3.8) is 0 Å². The zero-order valence-electron chi connectivity index (χ0n) is 28.9. The molecule has 0 bridgehead atoms. The Balaban J connectivity index is 1.03. The van der Waals surface area contributed by atoms with Gasteiger partial charge in [0, 0.05) is 59.8 Å². The maximum absolute atomic E-state index is 6.30. The zero-order valence-corrected chi connectivity index (χ0v) is 28.9. The van der Waals surface area contributed by atoms with Crippen LogP contribution in [0.3, 0.4) is 0 Å². The minimum atomic E-state index is 0.914. The van der Waals surface area contributed by atoms with E-state index in [9.17, 15) is 0 Å². The van der Waals surface area contributed by atoms with Crippen LogP contribution < -0.4 is 0 Å². The topological polar surface area (TPSA) is 47.0 Å². The maximum atomic E-state index is 6.30. The van der Waals surface area contributed by atoms with Crippen molar-refractivity contribution < 1.29 is 8.83 Å². The summed E-state index contributed by atoms with van der Waals surface area (Å²) in [7, 11) is 0. The predicted molar refractivity (Wildman–Crippen MR) is 225 cm³/mol. The lowest BCUT2D eigenvalue weighted by Crippen LogP contribution is -1.93. The summed E-state index contributed by atoms with van der Waals surface area (Å²) >= 11 is 0. The van der Waals surface area contributed by atoms with Crippen LogP contribution in [0.25, 0.3) is 126 Å². The molecule has 4 nitrogen and oxygen atoms in total. The summed E-state index contributed by atoms with van der Waals surface area (Å²) in [6.07, 6.45) is 0. The highest BCUT2D eigenvalue weighted by molar-refractivity contribution is 6.25. The van der Waals surface area contributed by atoms with Crippen molar-refractivity contribution in [3.05, 3.63) is 164 Å². The minimum Gasteiger partial charge on any atom is -0.456 e. The van der Waals surface area contributed by atoms with Crippen LogP contribution in [0.2, 0.25) is 0 Å². The average Bonchev–Trinajstić information content (AvgIpc) is 3.97. The molecule has 0 fully saturated rings. The summed E-state index contributed by atoms with van der Waals surface area (Å²) < 4.78 is 14.9. The van der Waals surface area contributed by atoms with Gasteiger partial charge in [-0.25, -0.2) is 0 Å². The van der Waals surface area contributed by atoms with Crippen LogP contribution in [0.4, 0.5) is 0 Å². The molecule has 13 aromatic rings. The van der Waals surface area contributed by atoms with Gasteiger partial charge in [-0.1, -0.05) is 78.9 Å². The number of benzene rings is 9. The molecule has 1 N–H and O–H groups in total. The summed E-state index contributed by atoms with van der Waals surface area (Å²) in [6.45, 7) is 0. The number of aromatic nitrogens is 2. The van der Waals surface area contributed by atoms with Crippen molar-refractivity contribution in [2.45, 2.75) is 0 Å². The minimum absolute atomic E-state index is 0.914. The van der Waals surface area contributed by atoms with Crippen LogP contribution in [-0.2, 0) is 0 Å². The normalized spacial score (nSPS) is 12.4. The van der Waals surface area contributed by atoms with Crippen LogP contribution >= 0.6 is 0 Å².